The van der Waals surface area contributed by atoms with Crippen LogP contribution in [0.25, 0.3) is 10.8 Å². The molecule has 2 rings (SSSR count). The molecule has 1 nitrogen and oxygen atoms in total. The summed E-state index contributed by atoms with van der Waals surface area (Å²) in [6.07, 6.45) is 0.913. The fourth-order valence-corrected chi connectivity index (χ4v) is 1.68. The zero-order valence-electron chi connectivity index (χ0n) is 7.58. The second-order valence-corrected chi connectivity index (χ2v) is 3.12. The molecule has 13 heavy (non-hydrogen) atoms. The summed E-state index contributed by atoms with van der Waals surface area (Å²) < 4.78 is 0. The average molecular weight is 171 g/mol. The first-order valence-electron chi connectivity index (χ1n) is 4.50. The minimum Gasteiger partial charge on any atom is -0.289 e. The van der Waals surface area contributed by atoms with Gasteiger partial charge in [0.05, 0.1) is 0 Å². The Kier molecular flexibility index (Phi) is 1.93. The van der Waals surface area contributed by atoms with Gasteiger partial charge in [-0.15, -0.1) is 0 Å². The predicted octanol–water partition coefficient (Wildman–Crippen LogP) is 3.55. The lowest BCUT2D eigenvalue weighted by Gasteiger charge is -2.03. The van der Waals surface area contributed by atoms with Crippen molar-refractivity contribution in [3.63, 3.8) is 0 Å². The van der Waals surface area contributed by atoms with Crippen LogP contribution in [0.4, 0.5) is 0 Å². The van der Waals surface area contributed by atoms with Crippen LogP contribution in [0.5, 0.6) is 5.75 Å². The molecule has 0 spiro atoms. The van der Waals surface area contributed by atoms with Gasteiger partial charge in [-0.05, 0) is 23.4 Å². The molecule has 0 aliphatic rings. The third-order valence-corrected chi connectivity index (χ3v) is 2.33. The molecule has 0 saturated carbocycles. The first-order chi connectivity index (χ1) is 6.33. The zero-order chi connectivity index (χ0) is 9.26. The van der Waals surface area contributed by atoms with Gasteiger partial charge in [-0.25, -0.2) is 0 Å². The molecule has 0 heterocycles. The van der Waals surface area contributed by atoms with E-state index in [4.69, 9.17) is 0 Å². The van der Waals surface area contributed by atoms with Gasteiger partial charge < -0.3 is 0 Å². The summed E-state index contributed by atoms with van der Waals surface area (Å²) in [5.41, 5.74) is 1.14. The van der Waals surface area contributed by atoms with E-state index >= 15 is 0 Å². The SMILES string of the molecule is CCc1cccc2cccc([O])c12. The van der Waals surface area contributed by atoms with E-state index in [9.17, 15) is 5.11 Å². The molecule has 0 fully saturated rings. The van der Waals surface area contributed by atoms with Gasteiger partial charge in [0.2, 0.25) is 0 Å². The van der Waals surface area contributed by atoms with E-state index in [0.717, 1.165) is 22.8 Å². The average Bonchev–Trinajstić information content (AvgIpc) is 2.17. The standard InChI is InChI=1S/C12H11O/c1-2-9-5-3-6-10-7-4-8-11(13)12(9)10/h3-8H,2H2,1H3. The Hall–Kier alpha value is -1.50. The van der Waals surface area contributed by atoms with Crippen LogP contribution < -0.4 is 0 Å². The van der Waals surface area contributed by atoms with Crippen LogP contribution in [-0.4, -0.2) is 0 Å². The Balaban J connectivity index is 2.87. The quantitative estimate of drug-likeness (QED) is 0.625. The molecule has 0 aliphatic carbocycles. The smallest absolute Gasteiger partial charge is 0.186 e. The van der Waals surface area contributed by atoms with Crippen molar-refractivity contribution in [1.82, 2.24) is 0 Å². The molecule has 0 bridgehead atoms. The molecule has 2 aromatic rings. The van der Waals surface area contributed by atoms with Crippen LogP contribution in [0.15, 0.2) is 36.4 Å². The van der Waals surface area contributed by atoms with Crippen molar-refractivity contribution in [1.29, 1.82) is 0 Å². The van der Waals surface area contributed by atoms with Crippen molar-refractivity contribution in [3.05, 3.63) is 42.0 Å². The largest absolute Gasteiger partial charge is 0.289 e. The fraction of sp³-hybridized carbons (Fsp3) is 0.167. The van der Waals surface area contributed by atoms with Crippen molar-refractivity contribution in [3.8, 4) is 5.75 Å². The van der Waals surface area contributed by atoms with Gasteiger partial charge in [-0.2, -0.15) is 0 Å². The molecule has 1 heteroatoms. The topological polar surface area (TPSA) is 19.9 Å². The summed E-state index contributed by atoms with van der Waals surface area (Å²) in [6.45, 7) is 2.07. The van der Waals surface area contributed by atoms with Crippen molar-refractivity contribution in [2.75, 3.05) is 0 Å². The number of fused-ring (bicyclic) bond motifs is 1. The van der Waals surface area contributed by atoms with Crippen LogP contribution in [0, 0.1) is 0 Å². The van der Waals surface area contributed by atoms with Gasteiger partial charge in [-0.1, -0.05) is 37.3 Å². The molecule has 65 valence electrons. The highest BCUT2D eigenvalue weighted by Crippen LogP contribution is 2.28. The minimum absolute atomic E-state index is 0.134. The number of benzene rings is 2. The second kappa shape index (κ2) is 3.09. The van der Waals surface area contributed by atoms with E-state index in [1.165, 1.54) is 0 Å². The third-order valence-electron chi connectivity index (χ3n) is 2.33. The molecular formula is C12H11O. The lowest BCUT2D eigenvalue weighted by atomic mass is 10.0. The van der Waals surface area contributed by atoms with Crippen molar-refractivity contribution < 1.29 is 5.11 Å². The molecule has 0 saturated heterocycles. The van der Waals surface area contributed by atoms with E-state index in [1.54, 1.807) is 6.07 Å². The Morgan fingerprint density at radius 3 is 2.46 bits per heavy atom. The maximum absolute atomic E-state index is 11.6. The minimum atomic E-state index is 0.134. The fourth-order valence-electron chi connectivity index (χ4n) is 1.68. The first-order valence-corrected chi connectivity index (χ1v) is 4.50. The lowest BCUT2D eigenvalue weighted by Crippen LogP contribution is -1.82. The van der Waals surface area contributed by atoms with E-state index in [2.05, 4.69) is 6.92 Å². The summed E-state index contributed by atoms with van der Waals surface area (Å²) in [5, 5.41) is 13.5. The monoisotopic (exact) mass is 171 g/mol. The molecule has 0 amide bonds. The van der Waals surface area contributed by atoms with E-state index in [1.807, 2.05) is 30.3 Å². The molecule has 2 aromatic carbocycles. The van der Waals surface area contributed by atoms with Crippen LogP contribution in [0.3, 0.4) is 0 Å². The molecule has 0 aromatic heterocycles. The van der Waals surface area contributed by atoms with Crippen molar-refractivity contribution in [2.45, 2.75) is 13.3 Å². The maximum Gasteiger partial charge on any atom is 0.186 e. The van der Waals surface area contributed by atoms with Gasteiger partial charge in [0.1, 0.15) is 0 Å². The highest BCUT2D eigenvalue weighted by atomic mass is 16.3. The molecule has 0 aliphatic heterocycles. The van der Waals surface area contributed by atoms with Crippen LogP contribution in [0.2, 0.25) is 0 Å². The molecule has 1 radical (unpaired) electrons. The van der Waals surface area contributed by atoms with Gasteiger partial charge in [-0.3, -0.25) is 5.11 Å². The highest BCUT2D eigenvalue weighted by Gasteiger charge is 2.04. The highest BCUT2D eigenvalue weighted by molar-refractivity contribution is 5.90. The van der Waals surface area contributed by atoms with Crippen LogP contribution in [0.1, 0.15) is 12.5 Å². The van der Waals surface area contributed by atoms with Crippen molar-refractivity contribution >= 4 is 10.8 Å². The van der Waals surface area contributed by atoms with Gasteiger partial charge in [0.25, 0.3) is 0 Å². The normalized spacial score (nSPS) is 10.5. The number of hydrogen-bond donors (Lipinski definition) is 0. The molecule has 0 atom stereocenters. The maximum atomic E-state index is 11.6. The Morgan fingerprint density at radius 1 is 1.08 bits per heavy atom. The van der Waals surface area contributed by atoms with Gasteiger partial charge >= 0.3 is 0 Å². The number of rotatable bonds is 1. The number of hydrogen-bond acceptors (Lipinski definition) is 0. The molecule has 0 unspecified atom stereocenters. The predicted molar refractivity (Wildman–Crippen MR) is 53.5 cm³/mol. The summed E-state index contributed by atoms with van der Waals surface area (Å²) in [7, 11) is 0. The van der Waals surface area contributed by atoms with E-state index in [0.29, 0.717) is 0 Å². The van der Waals surface area contributed by atoms with Gasteiger partial charge in [0.15, 0.2) is 5.75 Å². The Morgan fingerprint density at radius 2 is 1.77 bits per heavy atom. The third kappa shape index (κ3) is 1.26. The summed E-state index contributed by atoms with van der Waals surface area (Å²) >= 11 is 0. The summed E-state index contributed by atoms with van der Waals surface area (Å²) in [4.78, 5) is 0. The van der Waals surface area contributed by atoms with E-state index < -0.39 is 0 Å². The summed E-state index contributed by atoms with van der Waals surface area (Å²) in [5.74, 6) is 0.134. The van der Waals surface area contributed by atoms with Crippen LogP contribution >= 0.6 is 0 Å². The second-order valence-electron chi connectivity index (χ2n) is 3.12. The zero-order valence-corrected chi connectivity index (χ0v) is 7.58. The lowest BCUT2D eigenvalue weighted by molar-refractivity contribution is 0.360. The van der Waals surface area contributed by atoms with Crippen LogP contribution in [-0.2, 0) is 11.5 Å². The summed E-state index contributed by atoms with van der Waals surface area (Å²) in [6, 6.07) is 11.4. The molecular weight excluding hydrogens is 160 g/mol. The Bertz CT molecular complexity index is 427. The van der Waals surface area contributed by atoms with Crippen molar-refractivity contribution in [2.24, 2.45) is 0 Å². The Labute approximate surface area is 77.6 Å². The number of aryl methyl sites for hydroxylation is 1. The van der Waals surface area contributed by atoms with E-state index in [-0.39, 0.29) is 5.75 Å². The molecule has 0 N–H and O–H groups in total. The van der Waals surface area contributed by atoms with Gasteiger partial charge in [0, 0.05) is 5.39 Å². The first kappa shape index (κ1) is 8.11.